The highest BCUT2D eigenvalue weighted by atomic mass is 19.4. The van der Waals surface area contributed by atoms with E-state index in [0.29, 0.717) is 6.42 Å². The Labute approximate surface area is 130 Å². The molecule has 2 rings (SSSR count). The Kier molecular flexibility index (Phi) is 5.25. The van der Waals surface area contributed by atoms with Gasteiger partial charge in [-0.15, -0.1) is 0 Å². The second-order valence-electron chi connectivity index (χ2n) is 4.95. The van der Waals surface area contributed by atoms with Gasteiger partial charge in [-0.3, -0.25) is 4.79 Å². The highest BCUT2D eigenvalue weighted by Gasteiger charge is 2.28. The third-order valence-corrected chi connectivity index (χ3v) is 2.85. The van der Waals surface area contributed by atoms with E-state index in [9.17, 15) is 18.0 Å². The van der Waals surface area contributed by atoms with Crippen molar-refractivity contribution in [2.24, 2.45) is 0 Å². The van der Waals surface area contributed by atoms with Gasteiger partial charge in [0.25, 0.3) is 5.91 Å². The standard InChI is InChI=1S/C15H15F3N2O3/c1-10(7-12-3-2-6-22-12)20-14(21)11-4-5-13(19-8-11)23-9-15(16,17)18/h2-6,8,10H,7,9H2,1H3,(H,20,21). The number of alkyl halides is 3. The second kappa shape index (κ2) is 7.17. The Hall–Kier alpha value is -2.51. The van der Waals surface area contributed by atoms with Crippen LogP contribution < -0.4 is 10.1 Å². The van der Waals surface area contributed by atoms with E-state index in [1.165, 1.54) is 18.3 Å². The van der Waals surface area contributed by atoms with Crippen molar-refractivity contribution in [3.8, 4) is 5.88 Å². The predicted octanol–water partition coefficient (Wildman–Crippen LogP) is 2.98. The van der Waals surface area contributed by atoms with Crippen molar-refractivity contribution in [3.63, 3.8) is 0 Å². The van der Waals surface area contributed by atoms with E-state index in [1.54, 1.807) is 18.4 Å². The normalized spacial score (nSPS) is 12.7. The highest BCUT2D eigenvalue weighted by Crippen LogP contribution is 2.17. The van der Waals surface area contributed by atoms with Crippen molar-refractivity contribution < 1.29 is 27.1 Å². The summed E-state index contributed by atoms with van der Waals surface area (Å²) in [5.74, 6) is 0.174. The van der Waals surface area contributed by atoms with Crippen LogP contribution in [-0.4, -0.2) is 29.7 Å². The van der Waals surface area contributed by atoms with Crippen molar-refractivity contribution in [1.82, 2.24) is 10.3 Å². The zero-order valence-electron chi connectivity index (χ0n) is 12.3. The molecule has 1 N–H and O–H groups in total. The number of nitrogens with zero attached hydrogens (tertiary/aromatic N) is 1. The third kappa shape index (κ3) is 5.65. The maximum Gasteiger partial charge on any atom is 0.422 e. The van der Waals surface area contributed by atoms with Crippen LogP contribution in [-0.2, 0) is 6.42 Å². The van der Waals surface area contributed by atoms with Crippen LogP contribution in [0.25, 0.3) is 0 Å². The molecule has 2 heterocycles. The van der Waals surface area contributed by atoms with E-state index in [-0.39, 0.29) is 23.4 Å². The third-order valence-electron chi connectivity index (χ3n) is 2.85. The molecule has 0 saturated carbocycles. The average molecular weight is 328 g/mol. The summed E-state index contributed by atoms with van der Waals surface area (Å²) in [5, 5.41) is 2.75. The van der Waals surface area contributed by atoms with Crippen LogP contribution in [0, 0.1) is 0 Å². The predicted molar refractivity (Wildman–Crippen MR) is 75.1 cm³/mol. The molecule has 0 saturated heterocycles. The maximum absolute atomic E-state index is 12.0. The lowest BCUT2D eigenvalue weighted by Crippen LogP contribution is -2.34. The van der Waals surface area contributed by atoms with Gasteiger partial charge < -0.3 is 14.5 Å². The fraction of sp³-hybridized carbons (Fsp3) is 0.333. The summed E-state index contributed by atoms with van der Waals surface area (Å²) in [6.07, 6.45) is -1.19. The Balaban J connectivity index is 1.87. The van der Waals surface area contributed by atoms with Crippen molar-refractivity contribution in [1.29, 1.82) is 0 Å². The number of carbonyl (C=O) groups excluding carboxylic acids is 1. The molecule has 0 aliphatic heterocycles. The van der Waals surface area contributed by atoms with Gasteiger partial charge in [-0.25, -0.2) is 4.98 Å². The summed E-state index contributed by atoms with van der Waals surface area (Å²) in [6.45, 7) is 0.389. The first-order valence-corrected chi connectivity index (χ1v) is 6.82. The van der Waals surface area contributed by atoms with Crippen molar-refractivity contribution in [2.75, 3.05) is 6.61 Å². The summed E-state index contributed by atoms with van der Waals surface area (Å²) < 4.78 is 45.7. The number of hydrogen-bond donors (Lipinski definition) is 1. The summed E-state index contributed by atoms with van der Waals surface area (Å²) >= 11 is 0. The first-order chi connectivity index (χ1) is 10.8. The smallest absolute Gasteiger partial charge is 0.422 e. The molecule has 1 atom stereocenters. The Morgan fingerprint density at radius 1 is 1.39 bits per heavy atom. The number of ether oxygens (including phenoxy) is 1. The van der Waals surface area contributed by atoms with E-state index in [1.807, 2.05) is 6.92 Å². The molecule has 0 fully saturated rings. The number of halogens is 3. The van der Waals surface area contributed by atoms with Gasteiger partial charge in [-0.2, -0.15) is 13.2 Å². The Bertz CT molecular complexity index is 624. The second-order valence-corrected chi connectivity index (χ2v) is 4.95. The zero-order chi connectivity index (χ0) is 16.9. The molecule has 1 amide bonds. The zero-order valence-corrected chi connectivity index (χ0v) is 12.3. The number of aromatic nitrogens is 1. The van der Waals surface area contributed by atoms with Crippen LogP contribution in [0.1, 0.15) is 23.0 Å². The van der Waals surface area contributed by atoms with Crippen molar-refractivity contribution >= 4 is 5.91 Å². The molecule has 8 heteroatoms. The number of hydrogen-bond acceptors (Lipinski definition) is 4. The molecular weight excluding hydrogens is 313 g/mol. The van der Waals surface area contributed by atoms with Crippen LogP contribution in [0.5, 0.6) is 5.88 Å². The molecule has 0 spiro atoms. The summed E-state index contributed by atoms with van der Waals surface area (Å²) in [7, 11) is 0. The van der Waals surface area contributed by atoms with Crippen LogP contribution in [0.4, 0.5) is 13.2 Å². The SMILES string of the molecule is CC(Cc1ccco1)NC(=O)c1ccc(OCC(F)(F)F)nc1. The quantitative estimate of drug-likeness (QED) is 0.885. The molecule has 0 radical (unpaired) electrons. The van der Waals surface area contributed by atoms with E-state index in [0.717, 1.165) is 5.76 Å². The molecular formula is C15H15F3N2O3. The molecule has 0 aliphatic carbocycles. The number of pyridine rings is 1. The minimum absolute atomic E-state index is 0.171. The number of amides is 1. The minimum Gasteiger partial charge on any atom is -0.469 e. The molecule has 5 nitrogen and oxygen atoms in total. The minimum atomic E-state index is -4.43. The van der Waals surface area contributed by atoms with Gasteiger partial charge in [0.2, 0.25) is 5.88 Å². The largest absolute Gasteiger partial charge is 0.469 e. The van der Waals surface area contributed by atoms with Crippen molar-refractivity contribution in [2.45, 2.75) is 25.6 Å². The molecule has 2 aromatic heterocycles. The lowest BCUT2D eigenvalue weighted by atomic mass is 10.2. The molecule has 124 valence electrons. The molecule has 0 bridgehead atoms. The van der Waals surface area contributed by atoms with Crippen LogP contribution in [0.3, 0.4) is 0 Å². The molecule has 2 aromatic rings. The Morgan fingerprint density at radius 3 is 2.74 bits per heavy atom. The summed E-state index contributed by atoms with van der Waals surface area (Å²) in [5.41, 5.74) is 0.232. The lowest BCUT2D eigenvalue weighted by Gasteiger charge is -2.13. The first kappa shape index (κ1) is 16.9. The monoisotopic (exact) mass is 328 g/mol. The summed E-state index contributed by atoms with van der Waals surface area (Å²) in [4.78, 5) is 15.7. The number of nitrogens with one attached hydrogen (secondary N) is 1. The molecule has 23 heavy (non-hydrogen) atoms. The summed E-state index contributed by atoms with van der Waals surface area (Å²) in [6, 6.07) is 5.96. The molecule has 0 aliphatic rings. The topological polar surface area (TPSA) is 64.4 Å². The van der Waals surface area contributed by atoms with Gasteiger partial charge in [0.05, 0.1) is 11.8 Å². The van der Waals surface area contributed by atoms with Gasteiger partial charge in [-0.05, 0) is 25.1 Å². The number of furan rings is 1. The van der Waals surface area contributed by atoms with Gasteiger partial charge in [-0.1, -0.05) is 0 Å². The van der Waals surface area contributed by atoms with E-state index >= 15 is 0 Å². The van der Waals surface area contributed by atoms with Crippen LogP contribution in [0.15, 0.2) is 41.1 Å². The maximum atomic E-state index is 12.0. The fourth-order valence-corrected chi connectivity index (χ4v) is 1.84. The van der Waals surface area contributed by atoms with Gasteiger partial charge in [0, 0.05) is 24.7 Å². The van der Waals surface area contributed by atoms with E-state index < -0.39 is 12.8 Å². The van der Waals surface area contributed by atoms with Crippen LogP contribution >= 0.6 is 0 Å². The van der Waals surface area contributed by atoms with Gasteiger partial charge in [0.15, 0.2) is 6.61 Å². The number of rotatable bonds is 6. The first-order valence-electron chi connectivity index (χ1n) is 6.82. The van der Waals surface area contributed by atoms with E-state index in [2.05, 4.69) is 15.0 Å². The van der Waals surface area contributed by atoms with Gasteiger partial charge >= 0.3 is 6.18 Å². The van der Waals surface area contributed by atoms with E-state index in [4.69, 9.17) is 4.42 Å². The van der Waals surface area contributed by atoms with Gasteiger partial charge in [0.1, 0.15) is 5.76 Å². The molecule has 1 unspecified atom stereocenters. The number of carbonyl (C=O) groups is 1. The lowest BCUT2D eigenvalue weighted by molar-refractivity contribution is -0.154. The average Bonchev–Trinajstić information content (AvgIpc) is 2.97. The fourth-order valence-electron chi connectivity index (χ4n) is 1.84. The van der Waals surface area contributed by atoms with Crippen molar-refractivity contribution in [3.05, 3.63) is 48.0 Å². The highest BCUT2D eigenvalue weighted by molar-refractivity contribution is 5.94. The molecule has 0 aromatic carbocycles. The van der Waals surface area contributed by atoms with Crippen LogP contribution in [0.2, 0.25) is 0 Å². The Morgan fingerprint density at radius 2 is 2.17 bits per heavy atom.